The van der Waals surface area contributed by atoms with Gasteiger partial charge >= 0.3 is 0 Å². The second-order valence-corrected chi connectivity index (χ2v) is 5.13. The number of hydrogen-bond acceptors (Lipinski definition) is 2. The lowest BCUT2D eigenvalue weighted by Crippen LogP contribution is -2.28. The van der Waals surface area contributed by atoms with Crippen LogP contribution in [-0.2, 0) is 0 Å². The van der Waals surface area contributed by atoms with Crippen molar-refractivity contribution in [2.75, 3.05) is 26.2 Å². The van der Waals surface area contributed by atoms with Crippen LogP contribution in [0.25, 0.3) is 0 Å². The van der Waals surface area contributed by atoms with Gasteiger partial charge in [-0.1, -0.05) is 47.0 Å². The van der Waals surface area contributed by atoms with Crippen LogP contribution in [-0.4, -0.2) is 31.1 Å². The first-order valence-corrected chi connectivity index (χ1v) is 6.93. The average molecular weight is 321 g/mol. The maximum atomic E-state index is 6.03. The molecule has 2 nitrogen and oxygen atoms in total. The van der Waals surface area contributed by atoms with Crippen molar-refractivity contribution in [3.05, 3.63) is 52.5 Å². The fourth-order valence-electron chi connectivity index (χ4n) is 1.57. The van der Waals surface area contributed by atoms with E-state index in [0.717, 1.165) is 19.6 Å². The summed E-state index contributed by atoms with van der Waals surface area (Å²) in [6, 6.07) is 3.21. The van der Waals surface area contributed by atoms with E-state index in [4.69, 9.17) is 39.5 Å². The zero-order valence-corrected chi connectivity index (χ0v) is 12.8. The van der Waals surface area contributed by atoms with E-state index >= 15 is 0 Å². The molecule has 0 atom stereocenters. The van der Waals surface area contributed by atoms with Gasteiger partial charge in [-0.3, -0.25) is 4.90 Å². The summed E-state index contributed by atoms with van der Waals surface area (Å²) < 4.78 is 5.61. The third kappa shape index (κ3) is 5.45. The van der Waals surface area contributed by atoms with Gasteiger partial charge in [0, 0.05) is 24.7 Å². The van der Waals surface area contributed by atoms with E-state index in [-0.39, 0.29) is 0 Å². The van der Waals surface area contributed by atoms with E-state index < -0.39 is 0 Å². The molecule has 19 heavy (non-hydrogen) atoms. The maximum absolute atomic E-state index is 6.03. The van der Waals surface area contributed by atoms with E-state index in [1.807, 2.05) is 12.2 Å². The average Bonchev–Trinajstić information content (AvgIpc) is 2.32. The molecule has 1 aromatic rings. The fourth-order valence-corrected chi connectivity index (χ4v) is 2.49. The minimum Gasteiger partial charge on any atom is -0.489 e. The van der Waals surface area contributed by atoms with Crippen molar-refractivity contribution in [1.82, 2.24) is 4.90 Å². The van der Waals surface area contributed by atoms with Gasteiger partial charge in [-0.2, -0.15) is 0 Å². The number of benzene rings is 1. The summed E-state index contributed by atoms with van der Waals surface area (Å²) in [5, 5.41) is 1.32. The normalized spacial score (nSPS) is 10.5. The lowest BCUT2D eigenvalue weighted by molar-refractivity contribution is 0.236. The molecule has 0 fully saturated rings. The largest absolute Gasteiger partial charge is 0.489 e. The highest BCUT2D eigenvalue weighted by molar-refractivity contribution is 6.40. The Morgan fingerprint density at radius 3 is 2.05 bits per heavy atom. The summed E-state index contributed by atoms with van der Waals surface area (Å²) in [5.74, 6) is 0.463. The SMILES string of the molecule is C=CCN(CC=C)CCOc1c(Cl)cc(Cl)cc1Cl. The van der Waals surface area contributed by atoms with Crippen molar-refractivity contribution in [2.45, 2.75) is 0 Å². The van der Waals surface area contributed by atoms with Crippen LogP contribution in [0, 0.1) is 0 Å². The monoisotopic (exact) mass is 319 g/mol. The molecule has 0 saturated heterocycles. The number of rotatable bonds is 8. The van der Waals surface area contributed by atoms with Crippen molar-refractivity contribution >= 4 is 34.8 Å². The van der Waals surface area contributed by atoms with E-state index in [0.29, 0.717) is 27.4 Å². The quantitative estimate of drug-likeness (QED) is 0.644. The summed E-state index contributed by atoms with van der Waals surface area (Å²) in [5.41, 5.74) is 0. The van der Waals surface area contributed by atoms with Gasteiger partial charge in [0.05, 0.1) is 10.0 Å². The molecule has 0 heterocycles. The van der Waals surface area contributed by atoms with Crippen molar-refractivity contribution in [2.24, 2.45) is 0 Å². The van der Waals surface area contributed by atoms with Crippen LogP contribution in [0.5, 0.6) is 5.75 Å². The van der Waals surface area contributed by atoms with Gasteiger partial charge < -0.3 is 4.74 Å². The molecular weight excluding hydrogens is 305 g/mol. The molecule has 0 aromatic heterocycles. The summed E-state index contributed by atoms with van der Waals surface area (Å²) in [7, 11) is 0. The summed E-state index contributed by atoms with van der Waals surface area (Å²) in [4.78, 5) is 2.14. The Hall–Kier alpha value is -0.670. The standard InChI is InChI=1S/C14H16Cl3NO/c1-3-5-18(6-4-2)7-8-19-14-12(16)9-11(15)10-13(14)17/h3-4,9-10H,1-2,5-8H2. The van der Waals surface area contributed by atoms with Crippen LogP contribution in [0.4, 0.5) is 0 Å². The van der Waals surface area contributed by atoms with Crippen LogP contribution < -0.4 is 4.74 Å². The minimum atomic E-state index is 0.413. The van der Waals surface area contributed by atoms with Gasteiger partial charge in [0.1, 0.15) is 6.61 Å². The van der Waals surface area contributed by atoms with E-state index in [1.54, 1.807) is 12.1 Å². The van der Waals surface area contributed by atoms with E-state index in [2.05, 4.69) is 18.1 Å². The molecule has 0 N–H and O–H groups in total. The molecule has 0 aliphatic heterocycles. The molecule has 0 bridgehead atoms. The third-order valence-corrected chi connectivity index (χ3v) is 3.17. The molecule has 5 heteroatoms. The first kappa shape index (κ1) is 16.4. The molecule has 0 amide bonds. The molecule has 1 aromatic carbocycles. The Balaban J connectivity index is 2.57. The Kier molecular flexibility index (Phi) is 7.32. The van der Waals surface area contributed by atoms with Gasteiger partial charge in [-0.15, -0.1) is 13.2 Å². The molecule has 0 radical (unpaired) electrons. The van der Waals surface area contributed by atoms with Gasteiger partial charge in [0.25, 0.3) is 0 Å². The molecule has 0 aliphatic carbocycles. The first-order chi connectivity index (χ1) is 9.08. The van der Waals surface area contributed by atoms with E-state index in [9.17, 15) is 0 Å². The van der Waals surface area contributed by atoms with Crippen molar-refractivity contribution in [3.8, 4) is 5.75 Å². The first-order valence-electron chi connectivity index (χ1n) is 5.80. The third-order valence-electron chi connectivity index (χ3n) is 2.39. The van der Waals surface area contributed by atoms with E-state index in [1.165, 1.54) is 0 Å². The zero-order valence-electron chi connectivity index (χ0n) is 10.5. The minimum absolute atomic E-state index is 0.413. The summed E-state index contributed by atoms with van der Waals surface area (Å²) >= 11 is 17.9. The fraction of sp³-hybridized carbons (Fsp3) is 0.286. The van der Waals surface area contributed by atoms with Crippen LogP contribution >= 0.6 is 34.8 Å². The highest BCUT2D eigenvalue weighted by atomic mass is 35.5. The highest BCUT2D eigenvalue weighted by Gasteiger charge is 2.09. The Morgan fingerprint density at radius 1 is 1.05 bits per heavy atom. The maximum Gasteiger partial charge on any atom is 0.156 e. The van der Waals surface area contributed by atoms with Gasteiger partial charge in [-0.05, 0) is 12.1 Å². The zero-order chi connectivity index (χ0) is 14.3. The molecule has 0 aliphatic rings. The van der Waals surface area contributed by atoms with Gasteiger partial charge in [-0.25, -0.2) is 0 Å². The second kappa shape index (κ2) is 8.49. The number of halogens is 3. The van der Waals surface area contributed by atoms with Crippen molar-refractivity contribution < 1.29 is 4.74 Å². The number of hydrogen-bond donors (Lipinski definition) is 0. The lowest BCUT2D eigenvalue weighted by Gasteiger charge is -2.19. The van der Waals surface area contributed by atoms with Crippen LogP contribution in [0.3, 0.4) is 0 Å². The highest BCUT2D eigenvalue weighted by Crippen LogP contribution is 2.35. The Bertz CT molecular complexity index is 415. The smallest absolute Gasteiger partial charge is 0.156 e. The van der Waals surface area contributed by atoms with Crippen LogP contribution in [0.1, 0.15) is 0 Å². The predicted molar refractivity (Wildman–Crippen MR) is 83.8 cm³/mol. The topological polar surface area (TPSA) is 12.5 Å². The Labute approximate surface area is 129 Å². The van der Waals surface area contributed by atoms with Crippen LogP contribution in [0.15, 0.2) is 37.4 Å². The number of nitrogens with zero attached hydrogens (tertiary/aromatic N) is 1. The second-order valence-electron chi connectivity index (χ2n) is 3.88. The molecular formula is C14H16Cl3NO. The Morgan fingerprint density at radius 2 is 1.58 bits per heavy atom. The summed E-state index contributed by atoms with van der Waals surface area (Å²) in [6.07, 6.45) is 3.68. The predicted octanol–water partition coefficient (Wildman–Crippen LogP) is 4.70. The molecule has 0 spiro atoms. The van der Waals surface area contributed by atoms with Gasteiger partial charge in [0.2, 0.25) is 0 Å². The molecule has 1 rings (SSSR count). The van der Waals surface area contributed by atoms with Gasteiger partial charge in [0.15, 0.2) is 5.75 Å². The number of ether oxygens (including phenoxy) is 1. The molecule has 0 saturated carbocycles. The molecule has 104 valence electrons. The van der Waals surface area contributed by atoms with Crippen LogP contribution in [0.2, 0.25) is 15.1 Å². The lowest BCUT2D eigenvalue weighted by atomic mass is 10.3. The van der Waals surface area contributed by atoms with Crippen molar-refractivity contribution in [1.29, 1.82) is 0 Å². The molecule has 0 unspecified atom stereocenters. The summed E-state index contributed by atoms with van der Waals surface area (Å²) in [6.45, 7) is 10.2. The van der Waals surface area contributed by atoms with Crippen molar-refractivity contribution in [3.63, 3.8) is 0 Å².